The number of benzene rings is 1. The van der Waals surface area contributed by atoms with Crippen LogP contribution < -0.4 is 0 Å². The van der Waals surface area contributed by atoms with Crippen molar-refractivity contribution in [2.75, 3.05) is 0 Å². The predicted molar refractivity (Wildman–Crippen MR) is 52.9 cm³/mol. The summed E-state index contributed by atoms with van der Waals surface area (Å²) in [7, 11) is 0. The number of nitrogens with zero attached hydrogens (tertiary/aromatic N) is 1. The van der Waals surface area contributed by atoms with Crippen molar-refractivity contribution in [2.24, 2.45) is 0 Å². The van der Waals surface area contributed by atoms with Crippen molar-refractivity contribution >= 4 is 6.09 Å². The molecule has 1 unspecified atom stereocenters. The number of carboxylic acid groups (broad SMARTS) is 1. The predicted octanol–water partition coefficient (Wildman–Crippen LogP) is 1.69. The van der Waals surface area contributed by atoms with Crippen LogP contribution in [0.4, 0.5) is 4.79 Å². The second-order valence-electron chi connectivity index (χ2n) is 3.35. The largest absolute Gasteiger partial charge is 0.508 e. The van der Waals surface area contributed by atoms with E-state index in [1.807, 2.05) is 0 Å². The van der Waals surface area contributed by atoms with Gasteiger partial charge < -0.3 is 10.2 Å². The van der Waals surface area contributed by atoms with Crippen LogP contribution in [-0.2, 0) is 6.42 Å². The SMILES string of the molecule is CC(Cc1ccc(O)cc1)N(O)C(=O)O. The zero-order valence-corrected chi connectivity index (χ0v) is 8.29. The molecule has 0 saturated heterocycles. The molecule has 0 aliphatic rings. The number of hydroxylamine groups is 2. The molecule has 0 bridgehead atoms. The number of phenolic OH excluding ortho intramolecular Hbond substituents is 1. The van der Waals surface area contributed by atoms with Crippen LogP contribution in [0.15, 0.2) is 24.3 Å². The first kappa shape index (κ1) is 11.3. The zero-order valence-electron chi connectivity index (χ0n) is 8.29. The Labute approximate surface area is 87.1 Å². The van der Waals surface area contributed by atoms with Gasteiger partial charge in [0.05, 0.1) is 6.04 Å². The fraction of sp³-hybridized carbons (Fsp3) is 0.300. The van der Waals surface area contributed by atoms with E-state index in [0.29, 0.717) is 6.42 Å². The van der Waals surface area contributed by atoms with Crippen LogP contribution in [0, 0.1) is 0 Å². The topological polar surface area (TPSA) is 81.0 Å². The van der Waals surface area contributed by atoms with E-state index in [-0.39, 0.29) is 10.8 Å². The van der Waals surface area contributed by atoms with Crippen molar-refractivity contribution < 1.29 is 20.2 Å². The molecule has 0 aromatic heterocycles. The maximum absolute atomic E-state index is 10.4. The number of hydrogen-bond donors (Lipinski definition) is 3. The lowest BCUT2D eigenvalue weighted by Gasteiger charge is -2.19. The van der Waals surface area contributed by atoms with Crippen molar-refractivity contribution in [2.45, 2.75) is 19.4 Å². The van der Waals surface area contributed by atoms with Crippen LogP contribution in [0.2, 0.25) is 0 Å². The lowest BCUT2D eigenvalue weighted by molar-refractivity contribution is -0.0910. The Balaban J connectivity index is 2.62. The number of hydrogen-bond acceptors (Lipinski definition) is 3. The summed E-state index contributed by atoms with van der Waals surface area (Å²) >= 11 is 0. The van der Waals surface area contributed by atoms with Crippen LogP contribution in [-0.4, -0.2) is 32.6 Å². The van der Waals surface area contributed by atoms with Gasteiger partial charge in [0.2, 0.25) is 0 Å². The van der Waals surface area contributed by atoms with Crippen molar-refractivity contribution in [3.63, 3.8) is 0 Å². The van der Waals surface area contributed by atoms with E-state index < -0.39 is 12.1 Å². The zero-order chi connectivity index (χ0) is 11.4. The summed E-state index contributed by atoms with van der Waals surface area (Å²) in [4.78, 5) is 10.4. The normalized spacial score (nSPS) is 12.1. The van der Waals surface area contributed by atoms with E-state index in [9.17, 15) is 4.79 Å². The number of carbonyl (C=O) groups is 1. The molecule has 0 aliphatic carbocycles. The van der Waals surface area contributed by atoms with Gasteiger partial charge >= 0.3 is 6.09 Å². The summed E-state index contributed by atoms with van der Waals surface area (Å²) < 4.78 is 0. The standard InChI is InChI=1S/C10H13NO4/c1-7(11(15)10(13)14)6-8-2-4-9(12)5-3-8/h2-5,7,12,15H,6H2,1H3,(H,13,14). The highest BCUT2D eigenvalue weighted by Gasteiger charge is 2.16. The molecule has 0 fully saturated rings. The fourth-order valence-electron chi connectivity index (χ4n) is 1.25. The molecule has 1 rings (SSSR count). The summed E-state index contributed by atoms with van der Waals surface area (Å²) in [6.45, 7) is 1.60. The first-order valence-corrected chi connectivity index (χ1v) is 4.49. The molecule has 1 amide bonds. The van der Waals surface area contributed by atoms with Gasteiger partial charge in [-0.1, -0.05) is 12.1 Å². The summed E-state index contributed by atoms with van der Waals surface area (Å²) in [6.07, 6.45) is -0.982. The molecular formula is C10H13NO4. The third-order valence-corrected chi connectivity index (χ3v) is 2.08. The number of aromatic hydroxyl groups is 1. The van der Waals surface area contributed by atoms with Gasteiger partial charge in [0.1, 0.15) is 5.75 Å². The Bertz CT molecular complexity index is 336. The van der Waals surface area contributed by atoms with Crippen LogP contribution in [0.1, 0.15) is 12.5 Å². The smallest absolute Gasteiger partial charge is 0.431 e. The highest BCUT2D eigenvalue weighted by atomic mass is 16.6. The van der Waals surface area contributed by atoms with Crippen LogP contribution in [0.3, 0.4) is 0 Å². The minimum atomic E-state index is -1.37. The van der Waals surface area contributed by atoms with Gasteiger partial charge in [-0.05, 0) is 31.0 Å². The Morgan fingerprint density at radius 3 is 2.40 bits per heavy atom. The molecular weight excluding hydrogens is 198 g/mol. The third-order valence-electron chi connectivity index (χ3n) is 2.08. The second-order valence-corrected chi connectivity index (χ2v) is 3.35. The summed E-state index contributed by atoms with van der Waals surface area (Å²) in [6, 6.07) is 5.88. The number of phenols is 1. The number of rotatable bonds is 3. The van der Waals surface area contributed by atoms with Crippen molar-refractivity contribution in [1.29, 1.82) is 0 Å². The van der Waals surface area contributed by atoms with Crippen LogP contribution in [0.25, 0.3) is 0 Å². The Kier molecular flexibility index (Phi) is 3.51. The molecule has 0 saturated carbocycles. The van der Waals surface area contributed by atoms with E-state index in [2.05, 4.69) is 0 Å². The highest BCUT2D eigenvalue weighted by Crippen LogP contribution is 2.12. The van der Waals surface area contributed by atoms with Gasteiger partial charge in [0.25, 0.3) is 0 Å². The quantitative estimate of drug-likeness (QED) is 0.525. The minimum Gasteiger partial charge on any atom is -0.508 e. The van der Waals surface area contributed by atoms with Gasteiger partial charge in [-0.2, -0.15) is 5.06 Å². The van der Waals surface area contributed by atoms with Gasteiger partial charge in [-0.25, -0.2) is 4.79 Å². The minimum absolute atomic E-state index is 0.158. The first-order valence-electron chi connectivity index (χ1n) is 4.49. The lowest BCUT2D eigenvalue weighted by atomic mass is 10.1. The molecule has 5 heteroatoms. The summed E-state index contributed by atoms with van der Waals surface area (Å²) in [5.41, 5.74) is 0.848. The Morgan fingerprint density at radius 1 is 1.40 bits per heavy atom. The molecule has 1 aromatic rings. The summed E-state index contributed by atoms with van der Waals surface area (Å²) in [5, 5.41) is 26.9. The van der Waals surface area contributed by atoms with E-state index in [4.69, 9.17) is 15.4 Å². The molecule has 3 N–H and O–H groups in total. The molecule has 0 radical (unpaired) electrons. The van der Waals surface area contributed by atoms with Crippen molar-refractivity contribution in [3.05, 3.63) is 29.8 Å². The third kappa shape index (κ3) is 3.14. The molecule has 0 aliphatic heterocycles. The average molecular weight is 211 g/mol. The van der Waals surface area contributed by atoms with Crippen LogP contribution in [0.5, 0.6) is 5.75 Å². The van der Waals surface area contributed by atoms with Crippen LogP contribution >= 0.6 is 0 Å². The van der Waals surface area contributed by atoms with Gasteiger partial charge in [-0.15, -0.1) is 0 Å². The maximum Gasteiger partial charge on any atom is 0.431 e. The van der Waals surface area contributed by atoms with E-state index in [1.165, 1.54) is 12.1 Å². The average Bonchev–Trinajstić information content (AvgIpc) is 2.20. The van der Waals surface area contributed by atoms with Crippen molar-refractivity contribution in [1.82, 2.24) is 5.06 Å². The molecule has 1 atom stereocenters. The second kappa shape index (κ2) is 4.65. The van der Waals surface area contributed by atoms with Gasteiger partial charge in [0.15, 0.2) is 0 Å². The van der Waals surface area contributed by atoms with Gasteiger partial charge in [-0.3, -0.25) is 5.21 Å². The molecule has 0 heterocycles. The maximum atomic E-state index is 10.4. The Hall–Kier alpha value is -1.75. The molecule has 1 aromatic carbocycles. The first-order chi connectivity index (χ1) is 7.00. The monoisotopic (exact) mass is 211 g/mol. The molecule has 0 spiro atoms. The Morgan fingerprint density at radius 2 is 1.93 bits per heavy atom. The van der Waals surface area contributed by atoms with Gasteiger partial charge in [0, 0.05) is 0 Å². The lowest BCUT2D eigenvalue weighted by Crippen LogP contribution is -2.35. The molecule has 82 valence electrons. The van der Waals surface area contributed by atoms with E-state index in [1.54, 1.807) is 19.1 Å². The van der Waals surface area contributed by atoms with E-state index in [0.717, 1.165) is 5.56 Å². The highest BCUT2D eigenvalue weighted by molar-refractivity contribution is 5.63. The fourth-order valence-corrected chi connectivity index (χ4v) is 1.25. The molecule has 15 heavy (non-hydrogen) atoms. The van der Waals surface area contributed by atoms with E-state index >= 15 is 0 Å². The molecule has 5 nitrogen and oxygen atoms in total. The summed E-state index contributed by atoms with van der Waals surface area (Å²) in [5.74, 6) is 0.158. The number of amides is 1. The van der Waals surface area contributed by atoms with Crippen molar-refractivity contribution in [3.8, 4) is 5.75 Å².